The van der Waals surface area contributed by atoms with Crippen LogP contribution in [0.3, 0.4) is 0 Å². The van der Waals surface area contributed by atoms with Crippen LogP contribution in [0.15, 0.2) is 42.5 Å². The molecule has 0 saturated heterocycles. The lowest BCUT2D eigenvalue weighted by molar-refractivity contribution is -0.120. The summed E-state index contributed by atoms with van der Waals surface area (Å²) in [6.45, 7) is 1.21. The fourth-order valence-corrected chi connectivity index (χ4v) is 2.60. The van der Waals surface area contributed by atoms with Gasteiger partial charge in [0.15, 0.2) is 0 Å². The van der Waals surface area contributed by atoms with Crippen LogP contribution in [-0.2, 0) is 9.59 Å². The van der Waals surface area contributed by atoms with Gasteiger partial charge in [0.1, 0.15) is 6.54 Å². The first-order chi connectivity index (χ1) is 10.8. The van der Waals surface area contributed by atoms with E-state index in [4.69, 9.17) is 34.8 Å². The highest BCUT2D eigenvalue weighted by atomic mass is 35.5. The Morgan fingerprint density at radius 3 is 2.04 bits per heavy atom. The van der Waals surface area contributed by atoms with Crippen molar-refractivity contribution in [1.82, 2.24) is 0 Å². The first-order valence-electron chi connectivity index (χ1n) is 6.65. The Balaban J connectivity index is 2.14. The van der Waals surface area contributed by atoms with E-state index in [-0.39, 0.29) is 18.4 Å². The van der Waals surface area contributed by atoms with Crippen LogP contribution in [0.4, 0.5) is 11.4 Å². The summed E-state index contributed by atoms with van der Waals surface area (Å²) in [6, 6.07) is 11.4. The number of hydrogen-bond acceptors (Lipinski definition) is 2. The smallest absolute Gasteiger partial charge is 0.244 e. The van der Waals surface area contributed by atoms with Crippen molar-refractivity contribution in [3.05, 3.63) is 57.5 Å². The third-order valence-corrected chi connectivity index (χ3v) is 3.66. The molecule has 7 heteroatoms. The first-order valence-corrected chi connectivity index (χ1v) is 7.78. The van der Waals surface area contributed by atoms with Crippen molar-refractivity contribution in [3.8, 4) is 0 Å². The zero-order valence-electron chi connectivity index (χ0n) is 12.1. The predicted molar refractivity (Wildman–Crippen MR) is 94.6 cm³/mol. The molecule has 0 bridgehead atoms. The number of hydrogen-bond donors (Lipinski definition) is 1. The number of benzene rings is 2. The molecule has 0 aliphatic carbocycles. The molecule has 0 atom stereocenters. The van der Waals surface area contributed by atoms with Gasteiger partial charge in [-0.25, -0.2) is 0 Å². The van der Waals surface area contributed by atoms with E-state index in [9.17, 15) is 9.59 Å². The summed E-state index contributed by atoms with van der Waals surface area (Å²) >= 11 is 17.7. The summed E-state index contributed by atoms with van der Waals surface area (Å²) in [5.74, 6) is -0.645. The molecule has 0 saturated carbocycles. The molecular weight excluding hydrogens is 359 g/mol. The molecule has 0 aliphatic rings. The Hall–Kier alpha value is -1.75. The van der Waals surface area contributed by atoms with Crippen LogP contribution in [0, 0.1) is 0 Å². The van der Waals surface area contributed by atoms with Crippen LogP contribution < -0.4 is 10.2 Å². The quantitative estimate of drug-likeness (QED) is 0.851. The third kappa shape index (κ3) is 5.13. The number of nitrogens with one attached hydrogen (secondary N) is 1. The summed E-state index contributed by atoms with van der Waals surface area (Å²) in [6.07, 6.45) is 0. The van der Waals surface area contributed by atoms with Crippen molar-refractivity contribution in [2.75, 3.05) is 16.8 Å². The number of nitrogens with zero attached hydrogens (tertiary/aromatic N) is 1. The molecule has 23 heavy (non-hydrogen) atoms. The first kappa shape index (κ1) is 17.6. The van der Waals surface area contributed by atoms with Crippen LogP contribution in [0.2, 0.25) is 15.1 Å². The normalized spacial score (nSPS) is 10.3. The Labute approximate surface area is 148 Å². The number of rotatable bonds is 4. The van der Waals surface area contributed by atoms with Crippen molar-refractivity contribution in [3.63, 3.8) is 0 Å². The highest BCUT2D eigenvalue weighted by Crippen LogP contribution is 2.25. The Kier molecular flexibility index (Phi) is 5.88. The summed E-state index contributed by atoms with van der Waals surface area (Å²) in [4.78, 5) is 25.3. The van der Waals surface area contributed by atoms with Gasteiger partial charge in [0.05, 0.1) is 0 Å². The topological polar surface area (TPSA) is 49.4 Å². The zero-order chi connectivity index (χ0) is 17.0. The maximum Gasteiger partial charge on any atom is 0.244 e. The van der Waals surface area contributed by atoms with Crippen molar-refractivity contribution in [1.29, 1.82) is 0 Å². The number of amides is 2. The van der Waals surface area contributed by atoms with E-state index in [2.05, 4.69) is 5.32 Å². The van der Waals surface area contributed by atoms with E-state index < -0.39 is 0 Å². The van der Waals surface area contributed by atoms with Gasteiger partial charge in [-0.3, -0.25) is 9.59 Å². The van der Waals surface area contributed by atoms with E-state index in [1.807, 2.05) is 0 Å². The predicted octanol–water partition coefficient (Wildman–Crippen LogP) is 4.64. The number of carbonyl (C=O) groups excluding carboxylic acids is 2. The number of halogens is 3. The summed E-state index contributed by atoms with van der Waals surface area (Å²) in [5, 5.41) is 4.04. The molecule has 120 valence electrons. The molecular formula is C16H13Cl3N2O2. The maximum atomic E-state index is 12.2. The Bertz CT molecular complexity index is 712. The fourth-order valence-electron chi connectivity index (χ4n) is 1.96. The van der Waals surface area contributed by atoms with Crippen LogP contribution in [0.1, 0.15) is 6.92 Å². The van der Waals surface area contributed by atoms with E-state index in [0.29, 0.717) is 26.4 Å². The van der Waals surface area contributed by atoms with Crippen molar-refractivity contribution < 1.29 is 9.59 Å². The van der Waals surface area contributed by atoms with Gasteiger partial charge in [-0.1, -0.05) is 34.8 Å². The molecule has 0 unspecified atom stereocenters. The molecule has 0 aromatic heterocycles. The van der Waals surface area contributed by atoms with Crippen molar-refractivity contribution in [2.24, 2.45) is 0 Å². The number of carbonyl (C=O) groups is 2. The lowest BCUT2D eigenvalue weighted by atomic mass is 10.2. The van der Waals surface area contributed by atoms with Crippen LogP contribution in [-0.4, -0.2) is 18.4 Å². The lowest BCUT2D eigenvalue weighted by Crippen LogP contribution is -2.36. The minimum atomic E-state index is -0.348. The third-order valence-electron chi connectivity index (χ3n) is 2.97. The van der Waals surface area contributed by atoms with E-state index in [0.717, 1.165) is 0 Å². The van der Waals surface area contributed by atoms with Crippen LogP contribution in [0.5, 0.6) is 0 Å². The zero-order valence-corrected chi connectivity index (χ0v) is 14.4. The Morgan fingerprint density at radius 2 is 1.52 bits per heavy atom. The molecule has 0 spiro atoms. The largest absolute Gasteiger partial charge is 0.325 e. The minimum Gasteiger partial charge on any atom is -0.325 e. The monoisotopic (exact) mass is 370 g/mol. The fraction of sp³-hybridized carbons (Fsp3) is 0.125. The van der Waals surface area contributed by atoms with Gasteiger partial charge >= 0.3 is 0 Å². The molecule has 1 N–H and O–H groups in total. The summed E-state index contributed by atoms with van der Waals surface area (Å²) in [7, 11) is 0. The molecule has 0 aliphatic heterocycles. The summed E-state index contributed by atoms with van der Waals surface area (Å²) < 4.78 is 0. The molecule has 2 rings (SSSR count). The summed E-state index contributed by atoms with van der Waals surface area (Å²) in [5.41, 5.74) is 1.05. The van der Waals surface area contributed by atoms with E-state index in [1.165, 1.54) is 11.8 Å². The van der Waals surface area contributed by atoms with Gasteiger partial charge < -0.3 is 10.2 Å². The minimum absolute atomic E-state index is 0.158. The average Bonchev–Trinajstić information content (AvgIpc) is 2.46. The molecule has 2 aromatic carbocycles. The molecule has 2 amide bonds. The van der Waals surface area contributed by atoms with Crippen molar-refractivity contribution in [2.45, 2.75) is 6.92 Å². The molecule has 4 nitrogen and oxygen atoms in total. The molecule has 0 heterocycles. The van der Waals surface area contributed by atoms with Gasteiger partial charge in [-0.2, -0.15) is 0 Å². The van der Waals surface area contributed by atoms with E-state index in [1.54, 1.807) is 42.5 Å². The van der Waals surface area contributed by atoms with Crippen LogP contribution >= 0.6 is 34.8 Å². The second-order valence-electron chi connectivity index (χ2n) is 4.79. The number of anilines is 2. The van der Waals surface area contributed by atoms with Crippen LogP contribution in [0.25, 0.3) is 0 Å². The molecule has 2 aromatic rings. The SMILES string of the molecule is CC(=O)N(CC(=O)Nc1ccc(Cl)cc1)c1cc(Cl)cc(Cl)c1. The van der Waals surface area contributed by atoms with Gasteiger partial charge in [0.25, 0.3) is 0 Å². The lowest BCUT2D eigenvalue weighted by Gasteiger charge is -2.21. The second-order valence-corrected chi connectivity index (χ2v) is 6.10. The van der Waals surface area contributed by atoms with Gasteiger partial charge in [-0.05, 0) is 42.5 Å². The highest BCUT2D eigenvalue weighted by molar-refractivity contribution is 6.35. The highest BCUT2D eigenvalue weighted by Gasteiger charge is 2.17. The van der Waals surface area contributed by atoms with Gasteiger partial charge in [0, 0.05) is 33.4 Å². The standard InChI is InChI=1S/C16H13Cl3N2O2/c1-10(22)21(15-7-12(18)6-13(19)8-15)9-16(23)20-14-4-2-11(17)3-5-14/h2-8H,9H2,1H3,(H,20,23). The van der Waals surface area contributed by atoms with Gasteiger partial charge in [0.2, 0.25) is 11.8 Å². The second kappa shape index (κ2) is 7.68. The molecule has 0 radical (unpaired) electrons. The average molecular weight is 372 g/mol. The van der Waals surface area contributed by atoms with Gasteiger partial charge in [-0.15, -0.1) is 0 Å². The van der Waals surface area contributed by atoms with E-state index >= 15 is 0 Å². The Morgan fingerprint density at radius 1 is 0.957 bits per heavy atom. The maximum absolute atomic E-state index is 12.2. The molecule has 0 fully saturated rings. The van der Waals surface area contributed by atoms with Crippen molar-refractivity contribution >= 4 is 58.0 Å².